The van der Waals surface area contributed by atoms with Gasteiger partial charge in [-0.25, -0.2) is 4.79 Å². The normalized spacial score (nSPS) is 13.5. The van der Waals surface area contributed by atoms with E-state index in [1.807, 2.05) is 24.3 Å². The molecule has 9 heteroatoms. The molecule has 1 heterocycles. The molecule has 1 aliphatic rings. The fourth-order valence-electron chi connectivity index (χ4n) is 3.43. The van der Waals surface area contributed by atoms with Gasteiger partial charge in [-0.3, -0.25) is 4.90 Å². The second-order valence-corrected chi connectivity index (χ2v) is 9.39. The van der Waals surface area contributed by atoms with Gasteiger partial charge in [0.15, 0.2) is 6.61 Å². The van der Waals surface area contributed by atoms with Gasteiger partial charge in [0.1, 0.15) is 18.1 Å². The first-order chi connectivity index (χ1) is 17.6. The zero-order chi connectivity index (χ0) is 25.6. The molecule has 0 saturated carbocycles. The number of nitrogens with zero attached hydrogens (tertiary/aromatic N) is 1. The van der Waals surface area contributed by atoms with E-state index in [0.29, 0.717) is 30.6 Å². The lowest BCUT2D eigenvalue weighted by Crippen LogP contribution is -2.37. The minimum Gasteiger partial charge on any atom is -0.493 e. The summed E-state index contributed by atoms with van der Waals surface area (Å²) in [5.41, 5.74) is 0.839. The predicted octanol–water partition coefficient (Wildman–Crippen LogP) is 4.53. The van der Waals surface area contributed by atoms with Crippen molar-refractivity contribution >= 4 is 29.3 Å². The van der Waals surface area contributed by atoms with E-state index < -0.39 is 5.97 Å². The highest BCUT2D eigenvalue weighted by molar-refractivity contribution is 7.99. The average Bonchev–Trinajstić information content (AvgIpc) is 2.88. The summed E-state index contributed by atoms with van der Waals surface area (Å²) in [7, 11) is 1.62. The summed E-state index contributed by atoms with van der Waals surface area (Å²) >= 11 is 8.01. The third kappa shape index (κ3) is 9.92. The van der Waals surface area contributed by atoms with Crippen LogP contribution in [0.15, 0.2) is 46.2 Å². The van der Waals surface area contributed by atoms with Gasteiger partial charge < -0.3 is 23.7 Å². The Morgan fingerprint density at radius 3 is 2.72 bits per heavy atom. The summed E-state index contributed by atoms with van der Waals surface area (Å²) in [6.07, 6.45) is 0.932. The van der Waals surface area contributed by atoms with E-state index in [-0.39, 0.29) is 6.61 Å². The van der Waals surface area contributed by atoms with E-state index in [1.54, 1.807) is 26.2 Å². The van der Waals surface area contributed by atoms with E-state index in [9.17, 15) is 4.79 Å². The molecule has 0 aromatic heterocycles. The number of hydrogen-bond donors (Lipinski definition) is 0. The molecule has 0 bridgehead atoms. The molecule has 0 radical (unpaired) electrons. The lowest BCUT2D eigenvalue weighted by atomic mass is 10.2. The average molecular weight is 534 g/mol. The van der Waals surface area contributed by atoms with Gasteiger partial charge in [0.05, 0.1) is 31.5 Å². The zero-order valence-corrected chi connectivity index (χ0v) is 22.3. The van der Waals surface area contributed by atoms with E-state index in [2.05, 4.69) is 16.7 Å². The Morgan fingerprint density at radius 2 is 1.97 bits per heavy atom. The quantitative estimate of drug-likeness (QED) is 0.224. The highest BCUT2D eigenvalue weighted by Crippen LogP contribution is 2.37. The van der Waals surface area contributed by atoms with Crippen LogP contribution in [0.5, 0.6) is 11.5 Å². The van der Waals surface area contributed by atoms with Gasteiger partial charge in [0.2, 0.25) is 0 Å². The second-order valence-electron chi connectivity index (χ2n) is 7.87. The van der Waals surface area contributed by atoms with Crippen molar-refractivity contribution in [3.05, 3.63) is 47.0 Å². The summed E-state index contributed by atoms with van der Waals surface area (Å²) in [4.78, 5) is 15.7. The molecule has 0 unspecified atom stereocenters. The molecule has 1 fully saturated rings. The van der Waals surface area contributed by atoms with E-state index in [4.69, 9.17) is 35.3 Å². The summed E-state index contributed by atoms with van der Waals surface area (Å²) in [6, 6.07) is 11.2. The van der Waals surface area contributed by atoms with Crippen LogP contribution < -0.4 is 9.47 Å². The lowest BCUT2D eigenvalue weighted by molar-refractivity contribution is -0.145. The number of esters is 1. The van der Waals surface area contributed by atoms with Crippen LogP contribution in [0, 0.1) is 11.8 Å². The summed E-state index contributed by atoms with van der Waals surface area (Å²) < 4.78 is 26.9. The topological polar surface area (TPSA) is 66.5 Å². The predicted molar refractivity (Wildman–Crippen MR) is 140 cm³/mol. The SMILES string of the molecule is CCOC(=O)COc1ccc(Sc2cc(C#CCOC)cc(OCCCN3CCOCC3)c2)c(Cl)c1. The number of carbonyl (C=O) groups is 1. The number of methoxy groups -OCH3 is 1. The molecule has 1 aliphatic heterocycles. The molecule has 0 atom stereocenters. The minimum absolute atomic E-state index is 0.162. The molecule has 36 heavy (non-hydrogen) atoms. The molecule has 2 aromatic rings. The van der Waals surface area contributed by atoms with Crippen LogP contribution in [0.2, 0.25) is 5.02 Å². The zero-order valence-electron chi connectivity index (χ0n) is 20.7. The van der Waals surface area contributed by atoms with Crippen LogP contribution >= 0.6 is 23.4 Å². The first kappa shape index (κ1) is 28.2. The van der Waals surface area contributed by atoms with Crippen LogP contribution in [-0.2, 0) is 19.0 Å². The van der Waals surface area contributed by atoms with E-state index >= 15 is 0 Å². The molecule has 1 saturated heterocycles. The molecule has 0 N–H and O–H groups in total. The number of rotatable bonds is 12. The van der Waals surface area contributed by atoms with Gasteiger partial charge in [-0.2, -0.15) is 0 Å². The molecule has 3 rings (SSSR count). The Bertz CT molecular complexity index is 1050. The number of morpholine rings is 1. The van der Waals surface area contributed by atoms with Crippen molar-refractivity contribution in [2.24, 2.45) is 0 Å². The van der Waals surface area contributed by atoms with Gasteiger partial charge in [0.25, 0.3) is 0 Å². The Labute approximate surface area is 222 Å². The Morgan fingerprint density at radius 1 is 1.14 bits per heavy atom. The van der Waals surface area contributed by atoms with Gasteiger partial charge in [-0.05, 0) is 49.7 Å². The standard InChI is InChI=1S/C27H32ClNO6S/c1-3-33-27(30)20-35-22-7-8-26(25(28)19-22)36-24-17-21(6-4-12-31-2)16-23(18-24)34-13-5-9-29-10-14-32-15-11-29/h7-8,16-19H,3,5,9-15,20H2,1-2H3. The molecule has 2 aromatic carbocycles. The van der Waals surface area contributed by atoms with Crippen LogP contribution in [0.3, 0.4) is 0 Å². The smallest absolute Gasteiger partial charge is 0.344 e. The van der Waals surface area contributed by atoms with Gasteiger partial charge in [-0.15, -0.1) is 0 Å². The Hall–Kier alpha value is -2.41. The fraction of sp³-hybridized carbons (Fsp3) is 0.444. The maximum atomic E-state index is 11.5. The minimum atomic E-state index is -0.420. The van der Waals surface area contributed by atoms with Crippen molar-refractivity contribution in [2.45, 2.75) is 23.1 Å². The van der Waals surface area contributed by atoms with Gasteiger partial charge in [-0.1, -0.05) is 35.2 Å². The van der Waals surface area contributed by atoms with Crippen molar-refractivity contribution in [1.82, 2.24) is 4.90 Å². The third-order valence-corrected chi connectivity index (χ3v) is 6.59. The van der Waals surface area contributed by atoms with Gasteiger partial charge in [0, 0.05) is 42.1 Å². The van der Waals surface area contributed by atoms with Gasteiger partial charge >= 0.3 is 5.97 Å². The lowest BCUT2D eigenvalue weighted by Gasteiger charge is -2.26. The number of carbonyl (C=O) groups excluding carboxylic acids is 1. The van der Waals surface area contributed by atoms with E-state index in [0.717, 1.165) is 60.4 Å². The molecule has 7 nitrogen and oxygen atoms in total. The second kappa shape index (κ2) is 15.6. The first-order valence-electron chi connectivity index (χ1n) is 11.9. The number of halogens is 1. The highest BCUT2D eigenvalue weighted by Gasteiger charge is 2.11. The number of benzene rings is 2. The molecular weight excluding hydrogens is 502 g/mol. The summed E-state index contributed by atoms with van der Waals surface area (Å²) in [5, 5.41) is 0.519. The van der Waals surface area contributed by atoms with Crippen LogP contribution in [0.1, 0.15) is 18.9 Å². The van der Waals surface area contributed by atoms with Crippen LogP contribution in [0.25, 0.3) is 0 Å². The fourth-order valence-corrected chi connectivity index (χ4v) is 4.62. The summed E-state index contributed by atoms with van der Waals surface area (Å²) in [5.74, 6) is 6.96. The maximum Gasteiger partial charge on any atom is 0.344 e. The Kier molecular flexibility index (Phi) is 12.2. The Balaban J connectivity index is 1.64. The third-order valence-electron chi connectivity index (χ3n) is 5.11. The van der Waals surface area contributed by atoms with E-state index in [1.165, 1.54) is 11.8 Å². The van der Waals surface area contributed by atoms with Crippen molar-refractivity contribution in [3.63, 3.8) is 0 Å². The van der Waals surface area contributed by atoms with Crippen LogP contribution in [-0.4, -0.2) is 77.3 Å². The van der Waals surface area contributed by atoms with Crippen molar-refractivity contribution in [3.8, 4) is 23.3 Å². The highest BCUT2D eigenvalue weighted by atomic mass is 35.5. The molecule has 0 spiro atoms. The molecule has 0 amide bonds. The monoisotopic (exact) mass is 533 g/mol. The number of ether oxygens (including phenoxy) is 5. The molecule has 0 aliphatic carbocycles. The first-order valence-corrected chi connectivity index (χ1v) is 13.1. The molecule has 194 valence electrons. The number of hydrogen-bond acceptors (Lipinski definition) is 8. The summed E-state index contributed by atoms with van der Waals surface area (Å²) in [6.45, 7) is 7.39. The maximum absolute atomic E-state index is 11.5. The van der Waals surface area contributed by atoms with Crippen molar-refractivity contribution in [2.75, 3.05) is 66.4 Å². The largest absolute Gasteiger partial charge is 0.493 e. The molecular formula is C27H32ClNO6S. The van der Waals surface area contributed by atoms with Crippen molar-refractivity contribution < 1.29 is 28.5 Å². The van der Waals surface area contributed by atoms with Crippen LogP contribution in [0.4, 0.5) is 0 Å². The van der Waals surface area contributed by atoms with Crippen molar-refractivity contribution in [1.29, 1.82) is 0 Å².